The molecule has 1 N–H and O–H groups in total. The topological polar surface area (TPSA) is 50.2 Å². The van der Waals surface area contributed by atoms with E-state index in [4.69, 9.17) is 0 Å². The number of nitrogens with one attached hydrogen (secondary N) is 1. The lowest BCUT2D eigenvalue weighted by Crippen LogP contribution is -2.43. The van der Waals surface area contributed by atoms with E-state index in [1.54, 1.807) is 11.3 Å². The average molecular weight is 451 g/mol. The van der Waals surface area contributed by atoms with E-state index in [-0.39, 0.29) is 18.0 Å². The summed E-state index contributed by atoms with van der Waals surface area (Å²) in [6, 6.07) is 16.6. The molecule has 5 nitrogen and oxygen atoms in total. The summed E-state index contributed by atoms with van der Waals surface area (Å²) in [6.07, 6.45) is 2.46. The van der Waals surface area contributed by atoms with Crippen molar-refractivity contribution in [2.75, 3.05) is 13.1 Å². The van der Waals surface area contributed by atoms with E-state index in [1.165, 1.54) is 29.1 Å². The molecule has 31 heavy (non-hydrogen) atoms. The summed E-state index contributed by atoms with van der Waals surface area (Å²) < 4.78 is 1.94. The van der Waals surface area contributed by atoms with Crippen molar-refractivity contribution < 1.29 is 4.79 Å². The fourth-order valence-electron chi connectivity index (χ4n) is 4.48. The molecular formula is C24H26N4OS2. The zero-order valence-corrected chi connectivity index (χ0v) is 19.4. The largest absolute Gasteiger partial charge is 0.347 e. The minimum absolute atomic E-state index is 0.00605. The number of benzene rings is 1. The Morgan fingerprint density at radius 3 is 2.61 bits per heavy atom. The molecule has 0 radical (unpaired) electrons. The first-order valence-electron chi connectivity index (χ1n) is 10.7. The minimum atomic E-state index is -0.00605. The lowest BCUT2D eigenvalue weighted by molar-refractivity contribution is 0.0912. The molecular weight excluding hydrogens is 424 g/mol. The van der Waals surface area contributed by atoms with Gasteiger partial charge in [-0.3, -0.25) is 9.69 Å². The van der Waals surface area contributed by atoms with Gasteiger partial charge in [-0.2, -0.15) is 5.10 Å². The smallest absolute Gasteiger partial charge is 0.261 e. The second-order valence-electron chi connectivity index (χ2n) is 8.13. The fourth-order valence-corrected chi connectivity index (χ4v) is 6.53. The van der Waals surface area contributed by atoms with Crippen molar-refractivity contribution in [3.63, 3.8) is 0 Å². The lowest BCUT2D eigenvalue weighted by Gasteiger charge is -2.32. The van der Waals surface area contributed by atoms with Crippen molar-refractivity contribution in [3.05, 3.63) is 69.4 Å². The molecule has 0 unspecified atom stereocenters. The van der Waals surface area contributed by atoms with Crippen molar-refractivity contribution in [1.29, 1.82) is 0 Å². The maximum absolute atomic E-state index is 13.2. The molecule has 0 aliphatic carbocycles. The number of aryl methyl sites for hydroxylation is 1. The zero-order chi connectivity index (χ0) is 21.4. The summed E-state index contributed by atoms with van der Waals surface area (Å²) in [4.78, 5) is 18.8. The van der Waals surface area contributed by atoms with E-state index >= 15 is 0 Å². The Morgan fingerprint density at radius 1 is 1.13 bits per heavy atom. The molecule has 4 heterocycles. The van der Waals surface area contributed by atoms with Gasteiger partial charge in [0.25, 0.3) is 5.91 Å². The second kappa shape index (κ2) is 8.57. The van der Waals surface area contributed by atoms with Gasteiger partial charge in [0.15, 0.2) is 0 Å². The second-order valence-corrected chi connectivity index (χ2v) is 10.1. The van der Waals surface area contributed by atoms with Gasteiger partial charge in [0, 0.05) is 16.3 Å². The van der Waals surface area contributed by atoms with Gasteiger partial charge in [-0.15, -0.1) is 22.7 Å². The Morgan fingerprint density at radius 2 is 1.90 bits per heavy atom. The first-order chi connectivity index (χ1) is 15.1. The molecule has 0 bridgehead atoms. The van der Waals surface area contributed by atoms with Crippen LogP contribution in [0.15, 0.2) is 53.9 Å². The van der Waals surface area contributed by atoms with Crippen molar-refractivity contribution in [2.45, 2.75) is 38.8 Å². The fraction of sp³-hybridized carbons (Fsp3) is 0.333. The molecule has 1 aliphatic heterocycles. The Bertz CT molecular complexity index is 1170. The van der Waals surface area contributed by atoms with Crippen LogP contribution in [-0.4, -0.2) is 39.7 Å². The van der Waals surface area contributed by atoms with Crippen molar-refractivity contribution in [3.8, 4) is 5.69 Å². The summed E-state index contributed by atoms with van der Waals surface area (Å²) >= 11 is 3.28. The van der Waals surface area contributed by atoms with Crippen LogP contribution in [0.2, 0.25) is 0 Å². The number of para-hydroxylation sites is 1. The molecule has 0 saturated carbocycles. The van der Waals surface area contributed by atoms with E-state index in [9.17, 15) is 4.79 Å². The molecule has 3 aromatic heterocycles. The molecule has 1 saturated heterocycles. The van der Waals surface area contributed by atoms with Crippen LogP contribution < -0.4 is 5.32 Å². The third-order valence-corrected chi connectivity index (χ3v) is 8.02. The van der Waals surface area contributed by atoms with E-state index < -0.39 is 0 Å². The van der Waals surface area contributed by atoms with Gasteiger partial charge in [0.1, 0.15) is 4.83 Å². The molecule has 1 aliphatic rings. The lowest BCUT2D eigenvalue weighted by atomic mass is 10.1. The standard InChI is InChI=1S/C24H26N4OS2/c1-16-19-15-21(31-24(19)28(26-16)18-9-4-3-5-10-18)23(29)25-17(2)22(20-11-8-14-30-20)27-12-6-7-13-27/h3-5,8-11,14-15,17,22H,6-7,12-13H2,1-2H3,(H,25,29)/t17-,22-/m0/s1. The molecule has 4 aromatic rings. The molecule has 1 fully saturated rings. The van der Waals surface area contributed by atoms with Crippen LogP contribution in [0.5, 0.6) is 0 Å². The first-order valence-corrected chi connectivity index (χ1v) is 12.4. The SMILES string of the molecule is Cc1nn(-c2ccccc2)c2sc(C(=O)N[C@@H](C)[C@@H](c3cccs3)N3CCCC3)cc12. The van der Waals surface area contributed by atoms with Gasteiger partial charge < -0.3 is 5.32 Å². The Labute approximate surface area is 190 Å². The van der Waals surface area contributed by atoms with Crippen LogP contribution in [0.1, 0.15) is 46.0 Å². The number of hydrogen-bond donors (Lipinski definition) is 1. The summed E-state index contributed by atoms with van der Waals surface area (Å²) in [6.45, 7) is 6.32. The van der Waals surface area contributed by atoms with E-state index in [1.807, 2.05) is 48.0 Å². The van der Waals surface area contributed by atoms with Gasteiger partial charge in [-0.1, -0.05) is 24.3 Å². The normalized spacial score (nSPS) is 16.6. The number of hydrogen-bond acceptors (Lipinski definition) is 5. The van der Waals surface area contributed by atoms with Crippen molar-refractivity contribution in [1.82, 2.24) is 20.0 Å². The summed E-state index contributed by atoms with van der Waals surface area (Å²) in [5.41, 5.74) is 1.95. The molecule has 1 aromatic carbocycles. The van der Waals surface area contributed by atoms with Crippen LogP contribution in [0.4, 0.5) is 0 Å². The van der Waals surface area contributed by atoms with Crippen molar-refractivity contribution >= 4 is 38.8 Å². The predicted octanol–water partition coefficient (Wildman–Crippen LogP) is 5.41. The van der Waals surface area contributed by atoms with Crippen LogP contribution in [-0.2, 0) is 0 Å². The van der Waals surface area contributed by atoms with Crippen LogP contribution in [0.25, 0.3) is 15.9 Å². The Balaban J connectivity index is 1.41. The van der Waals surface area contributed by atoms with Gasteiger partial charge in [-0.05, 0) is 69.4 Å². The molecule has 5 rings (SSSR count). The highest BCUT2D eigenvalue weighted by Gasteiger charge is 2.30. The Hall–Kier alpha value is -2.48. The van der Waals surface area contributed by atoms with Crippen LogP contribution >= 0.6 is 22.7 Å². The van der Waals surface area contributed by atoms with Crippen molar-refractivity contribution in [2.24, 2.45) is 0 Å². The predicted molar refractivity (Wildman–Crippen MR) is 128 cm³/mol. The van der Waals surface area contributed by atoms with E-state index in [0.717, 1.165) is 39.6 Å². The number of fused-ring (bicyclic) bond motifs is 1. The van der Waals surface area contributed by atoms with Gasteiger partial charge in [0.05, 0.1) is 22.3 Å². The third-order valence-electron chi connectivity index (χ3n) is 5.97. The maximum Gasteiger partial charge on any atom is 0.261 e. The first kappa shape index (κ1) is 20.4. The highest BCUT2D eigenvalue weighted by Crippen LogP contribution is 2.33. The molecule has 7 heteroatoms. The maximum atomic E-state index is 13.2. The third kappa shape index (κ3) is 3.93. The quantitative estimate of drug-likeness (QED) is 0.427. The Kier molecular flexibility index (Phi) is 5.65. The highest BCUT2D eigenvalue weighted by atomic mass is 32.1. The summed E-state index contributed by atoms with van der Waals surface area (Å²) in [7, 11) is 0. The van der Waals surface area contributed by atoms with Crippen LogP contribution in [0.3, 0.4) is 0 Å². The highest BCUT2D eigenvalue weighted by molar-refractivity contribution is 7.20. The number of thiophene rings is 2. The number of amides is 1. The van der Waals surface area contributed by atoms with Gasteiger partial charge >= 0.3 is 0 Å². The van der Waals surface area contributed by atoms with E-state index in [0.29, 0.717) is 0 Å². The number of carbonyl (C=O) groups is 1. The van der Waals surface area contributed by atoms with E-state index in [2.05, 4.69) is 39.8 Å². The molecule has 1 amide bonds. The van der Waals surface area contributed by atoms with Gasteiger partial charge in [0.2, 0.25) is 0 Å². The number of aromatic nitrogens is 2. The number of nitrogens with zero attached hydrogens (tertiary/aromatic N) is 3. The van der Waals surface area contributed by atoms with Gasteiger partial charge in [-0.25, -0.2) is 4.68 Å². The number of likely N-dealkylation sites (tertiary alicyclic amines) is 1. The zero-order valence-electron chi connectivity index (χ0n) is 17.7. The molecule has 160 valence electrons. The number of carbonyl (C=O) groups excluding carboxylic acids is 1. The summed E-state index contributed by atoms with van der Waals surface area (Å²) in [5.74, 6) is -0.00605. The summed E-state index contributed by atoms with van der Waals surface area (Å²) in [5, 5.41) is 11.1. The molecule has 2 atom stereocenters. The number of rotatable bonds is 6. The van der Waals surface area contributed by atoms with Crippen LogP contribution in [0, 0.1) is 6.92 Å². The average Bonchev–Trinajstić information content (AvgIpc) is 3.56. The minimum Gasteiger partial charge on any atom is -0.347 e. The molecule has 0 spiro atoms. The monoisotopic (exact) mass is 450 g/mol.